The number of nitrogens with zero attached hydrogens (tertiary/aromatic N) is 3. The Morgan fingerprint density at radius 1 is 1.38 bits per heavy atom. The summed E-state index contributed by atoms with van der Waals surface area (Å²) >= 11 is 1.57. The summed E-state index contributed by atoms with van der Waals surface area (Å²) in [6, 6.07) is 6.33. The van der Waals surface area contributed by atoms with Crippen LogP contribution in [0.25, 0.3) is 5.69 Å². The Hall–Kier alpha value is -2.54. The molecule has 2 heterocycles. The average Bonchev–Trinajstić information content (AvgIpc) is 3.16. The quantitative estimate of drug-likeness (QED) is 0.688. The maximum Gasteiger partial charge on any atom is 0.225 e. The third-order valence-corrected chi connectivity index (χ3v) is 6.46. The fraction of sp³-hybridized carbons (Fsp3) is 0.409. The van der Waals surface area contributed by atoms with Crippen molar-refractivity contribution in [3.05, 3.63) is 63.1 Å². The first-order valence-corrected chi connectivity index (χ1v) is 10.6. The van der Waals surface area contributed by atoms with Crippen LogP contribution in [0.5, 0.6) is 0 Å². The molecule has 5 nitrogen and oxygen atoms in total. The van der Waals surface area contributed by atoms with Crippen LogP contribution in [0.2, 0.25) is 0 Å². The zero-order valence-corrected chi connectivity index (χ0v) is 17.9. The van der Waals surface area contributed by atoms with Crippen molar-refractivity contribution < 1.29 is 9.18 Å². The van der Waals surface area contributed by atoms with Gasteiger partial charge in [0.15, 0.2) is 0 Å². The Balaban J connectivity index is 1.61. The molecular weight excluding hydrogens is 387 g/mol. The van der Waals surface area contributed by atoms with Crippen molar-refractivity contribution in [3.8, 4) is 5.69 Å². The van der Waals surface area contributed by atoms with E-state index in [4.69, 9.17) is 0 Å². The molecule has 1 aliphatic carbocycles. The van der Waals surface area contributed by atoms with E-state index in [9.17, 15) is 9.18 Å². The van der Waals surface area contributed by atoms with Crippen LogP contribution >= 0.6 is 11.3 Å². The van der Waals surface area contributed by atoms with Crippen molar-refractivity contribution in [2.45, 2.75) is 53.0 Å². The highest BCUT2D eigenvalue weighted by Gasteiger charge is 2.36. The van der Waals surface area contributed by atoms with Crippen LogP contribution in [0.15, 0.2) is 30.5 Å². The van der Waals surface area contributed by atoms with Crippen molar-refractivity contribution in [1.82, 2.24) is 20.1 Å². The molecule has 29 heavy (non-hydrogen) atoms. The molecule has 0 aliphatic heterocycles. The molecule has 152 valence electrons. The van der Waals surface area contributed by atoms with E-state index in [1.54, 1.807) is 22.1 Å². The SMILES string of the molecule is Cc1nc(C)c(CC(=O)NC2CC(C)(C)Cc3c2cnn3-c2cccc(F)c2)s1. The molecule has 0 radical (unpaired) electrons. The molecule has 0 saturated heterocycles. The minimum atomic E-state index is -0.290. The number of aryl methyl sites for hydroxylation is 2. The van der Waals surface area contributed by atoms with Gasteiger partial charge < -0.3 is 5.32 Å². The minimum Gasteiger partial charge on any atom is -0.349 e. The van der Waals surface area contributed by atoms with E-state index in [2.05, 4.69) is 29.2 Å². The first kappa shape index (κ1) is 19.8. The number of thiazole rings is 1. The molecule has 0 spiro atoms. The second-order valence-electron chi connectivity index (χ2n) is 8.52. The van der Waals surface area contributed by atoms with E-state index in [-0.39, 0.29) is 23.2 Å². The summed E-state index contributed by atoms with van der Waals surface area (Å²) in [4.78, 5) is 18.2. The van der Waals surface area contributed by atoms with E-state index in [0.29, 0.717) is 12.1 Å². The van der Waals surface area contributed by atoms with E-state index in [1.807, 2.05) is 26.1 Å². The molecule has 2 aromatic heterocycles. The third-order valence-electron chi connectivity index (χ3n) is 5.39. The van der Waals surface area contributed by atoms with Crippen LogP contribution in [0.1, 0.15) is 53.1 Å². The Bertz CT molecular complexity index is 1070. The van der Waals surface area contributed by atoms with E-state index >= 15 is 0 Å². The molecule has 0 saturated carbocycles. The molecular formula is C22H25FN4OS. The smallest absolute Gasteiger partial charge is 0.225 e. The van der Waals surface area contributed by atoms with Crippen molar-refractivity contribution in [1.29, 1.82) is 0 Å². The number of carbonyl (C=O) groups excluding carboxylic acids is 1. The fourth-order valence-corrected chi connectivity index (χ4v) is 5.07. The Morgan fingerprint density at radius 2 is 2.17 bits per heavy atom. The molecule has 1 N–H and O–H groups in total. The zero-order chi connectivity index (χ0) is 20.8. The summed E-state index contributed by atoms with van der Waals surface area (Å²) < 4.78 is 15.5. The van der Waals surface area contributed by atoms with Crippen LogP contribution in [0, 0.1) is 25.1 Å². The van der Waals surface area contributed by atoms with Crippen LogP contribution < -0.4 is 5.32 Å². The van der Waals surface area contributed by atoms with Gasteiger partial charge in [-0.05, 0) is 50.3 Å². The standard InChI is InChI=1S/C22H25FN4OS/c1-13-20(29-14(2)25-13)9-21(28)26-18-10-22(3,4)11-19-17(18)12-24-27(19)16-7-5-6-15(23)8-16/h5-8,12,18H,9-11H2,1-4H3,(H,26,28). The summed E-state index contributed by atoms with van der Waals surface area (Å²) in [6.45, 7) is 8.27. The average molecular weight is 413 g/mol. The number of nitrogens with one attached hydrogen (secondary N) is 1. The summed E-state index contributed by atoms with van der Waals surface area (Å²) in [6.07, 6.45) is 3.80. The number of hydrogen-bond acceptors (Lipinski definition) is 4. The second-order valence-corrected chi connectivity index (χ2v) is 9.81. The summed E-state index contributed by atoms with van der Waals surface area (Å²) in [7, 11) is 0. The molecule has 0 fully saturated rings. The number of amides is 1. The molecule has 1 amide bonds. The maximum absolute atomic E-state index is 13.7. The minimum absolute atomic E-state index is 0.00690. The van der Waals surface area contributed by atoms with Crippen molar-refractivity contribution in [2.24, 2.45) is 5.41 Å². The van der Waals surface area contributed by atoms with Crippen molar-refractivity contribution in [3.63, 3.8) is 0 Å². The Labute approximate surface area is 174 Å². The lowest BCUT2D eigenvalue weighted by atomic mass is 9.74. The monoisotopic (exact) mass is 412 g/mol. The third kappa shape index (κ3) is 4.10. The maximum atomic E-state index is 13.7. The van der Waals surface area contributed by atoms with Gasteiger partial charge in [-0.3, -0.25) is 4.79 Å². The van der Waals surface area contributed by atoms with Crippen molar-refractivity contribution >= 4 is 17.2 Å². The molecule has 1 aliphatic rings. The first-order valence-electron chi connectivity index (χ1n) is 9.77. The number of aromatic nitrogens is 3. The van der Waals surface area contributed by atoms with Gasteiger partial charge in [0.25, 0.3) is 0 Å². The molecule has 4 rings (SSSR count). The van der Waals surface area contributed by atoms with Crippen LogP contribution in [0.4, 0.5) is 4.39 Å². The zero-order valence-electron chi connectivity index (χ0n) is 17.1. The Morgan fingerprint density at radius 3 is 2.86 bits per heavy atom. The van der Waals surface area contributed by atoms with Gasteiger partial charge >= 0.3 is 0 Å². The van der Waals surface area contributed by atoms with Gasteiger partial charge in [-0.25, -0.2) is 14.1 Å². The van der Waals surface area contributed by atoms with Gasteiger partial charge in [-0.2, -0.15) is 5.10 Å². The predicted octanol–water partition coefficient (Wildman–Crippen LogP) is 4.46. The molecule has 1 unspecified atom stereocenters. The summed E-state index contributed by atoms with van der Waals surface area (Å²) in [5.41, 5.74) is 3.66. The van der Waals surface area contributed by atoms with E-state index in [1.165, 1.54) is 12.1 Å². The van der Waals surface area contributed by atoms with Crippen molar-refractivity contribution in [2.75, 3.05) is 0 Å². The highest BCUT2D eigenvalue weighted by Crippen LogP contribution is 2.41. The number of benzene rings is 1. The highest BCUT2D eigenvalue weighted by atomic mass is 32.1. The molecule has 1 atom stereocenters. The number of hydrogen-bond donors (Lipinski definition) is 1. The summed E-state index contributed by atoms with van der Waals surface area (Å²) in [5.74, 6) is -0.300. The second kappa shape index (κ2) is 7.37. The molecule has 1 aromatic carbocycles. The van der Waals surface area contributed by atoms with Gasteiger partial charge in [-0.1, -0.05) is 19.9 Å². The van der Waals surface area contributed by atoms with Crippen LogP contribution in [-0.2, 0) is 17.6 Å². The Kier molecular flexibility index (Phi) is 5.02. The lowest BCUT2D eigenvalue weighted by Crippen LogP contribution is -2.37. The number of halogens is 1. The van der Waals surface area contributed by atoms with Crippen LogP contribution in [0.3, 0.4) is 0 Å². The first-order chi connectivity index (χ1) is 13.7. The van der Waals surface area contributed by atoms with E-state index in [0.717, 1.165) is 39.7 Å². The van der Waals surface area contributed by atoms with Gasteiger partial charge in [0.2, 0.25) is 5.91 Å². The molecule has 0 bridgehead atoms. The largest absolute Gasteiger partial charge is 0.349 e. The lowest BCUT2D eigenvalue weighted by Gasteiger charge is -2.36. The topological polar surface area (TPSA) is 59.8 Å². The lowest BCUT2D eigenvalue weighted by molar-refractivity contribution is -0.121. The van der Waals surface area contributed by atoms with E-state index < -0.39 is 0 Å². The summed E-state index contributed by atoms with van der Waals surface area (Å²) in [5, 5.41) is 8.70. The predicted molar refractivity (Wildman–Crippen MR) is 112 cm³/mol. The molecule has 3 aromatic rings. The van der Waals surface area contributed by atoms with Gasteiger partial charge in [0.1, 0.15) is 5.82 Å². The number of rotatable bonds is 4. The number of carbonyl (C=O) groups is 1. The van der Waals surface area contributed by atoms with Gasteiger partial charge in [0, 0.05) is 10.4 Å². The fourth-order valence-electron chi connectivity index (χ4n) is 4.13. The van der Waals surface area contributed by atoms with Gasteiger partial charge in [0.05, 0.1) is 40.7 Å². The highest BCUT2D eigenvalue weighted by molar-refractivity contribution is 7.11. The van der Waals surface area contributed by atoms with Crippen LogP contribution in [-0.4, -0.2) is 20.7 Å². The molecule has 7 heteroatoms. The van der Waals surface area contributed by atoms with Gasteiger partial charge in [-0.15, -0.1) is 11.3 Å². The number of fused-ring (bicyclic) bond motifs is 1. The normalized spacial score (nSPS) is 17.8.